The Balaban J connectivity index is 2.83. The summed E-state index contributed by atoms with van der Waals surface area (Å²) in [6, 6.07) is 0.672. The zero-order chi connectivity index (χ0) is 11.3. The van der Waals surface area contributed by atoms with Gasteiger partial charge in [0.2, 0.25) is 0 Å². The van der Waals surface area contributed by atoms with Crippen molar-refractivity contribution in [2.75, 3.05) is 0 Å². The number of aliphatic carboxylic acids is 1. The predicted octanol–water partition coefficient (Wildman–Crippen LogP) is 0.127. The number of rotatable bonds is 4. The van der Waals surface area contributed by atoms with E-state index in [1.807, 2.05) is 5.43 Å². The molecule has 7 heteroatoms. The first kappa shape index (κ1) is 10.8. The Labute approximate surface area is 84.6 Å². The molecule has 0 atom stereocenters. The Morgan fingerprint density at radius 3 is 2.80 bits per heavy atom. The number of amides is 2. The minimum atomic E-state index is -1.07. The van der Waals surface area contributed by atoms with Crippen molar-refractivity contribution in [3.05, 3.63) is 24.2 Å². The number of carbonyl (C=O) groups excluding carboxylic acids is 1. The summed E-state index contributed by atoms with van der Waals surface area (Å²) >= 11 is 0. The number of nitrogens with two attached hydrogens (primary N) is 1. The molecule has 0 spiro atoms. The molecule has 1 aromatic rings. The number of nitrogens with zero attached hydrogens (tertiary/aromatic N) is 1. The molecule has 0 fully saturated rings. The average molecular weight is 211 g/mol. The number of carbonyl (C=O) groups is 2. The van der Waals surface area contributed by atoms with Gasteiger partial charge < -0.3 is 15.3 Å². The smallest absolute Gasteiger partial charge is 0.332 e. The standard InChI is InChI=1S/C8H9N3O4/c9-8(14)11-10-6(3-7(12)13)5-1-2-15-4-5/h1-2,4H,3H2,(H,12,13)(H3,9,11,14)/b10-6+. The molecule has 1 aromatic heterocycles. The maximum absolute atomic E-state index is 10.5. The second-order valence-corrected chi connectivity index (χ2v) is 2.62. The lowest BCUT2D eigenvalue weighted by Gasteiger charge is -2.00. The highest BCUT2D eigenvalue weighted by Gasteiger charge is 2.10. The molecule has 4 N–H and O–H groups in total. The maximum atomic E-state index is 10.5. The van der Waals surface area contributed by atoms with Gasteiger partial charge in [-0.3, -0.25) is 4.79 Å². The van der Waals surface area contributed by atoms with Gasteiger partial charge in [-0.15, -0.1) is 0 Å². The summed E-state index contributed by atoms with van der Waals surface area (Å²) in [5, 5.41) is 12.1. The van der Waals surface area contributed by atoms with E-state index in [2.05, 4.69) is 5.10 Å². The van der Waals surface area contributed by atoms with Crippen molar-refractivity contribution in [3.63, 3.8) is 0 Å². The SMILES string of the molecule is NC(=O)N/N=C(\CC(=O)O)c1ccoc1. The van der Waals surface area contributed by atoms with Gasteiger partial charge in [0.1, 0.15) is 0 Å². The third kappa shape index (κ3) is 3.51. The van der Waals surface area contributed by atoms with Gasteiger partial charge in [0.15, 0.2) is 0 Å². The largest absolute Gasteiger partial charge is 0.481 e. The number of hydrazone groups is 1. The van der Waals surface area contributed by atoms with Crippen LogP contribution in [0.1, 0.15) is 12.0 Å². The first-order chi connectivity index (χ1) is 7.09. The van der Waals surface area contributed by atoms with Gasteiger partial charge in [0.05, 0.1) is 24.7 Å². The van der Waals surface area contributed by atoms with Crippen LogP contribution < -0.4 is 11.2 Å². The van der Waals surface area contributed by atoms with E-state index in [-0.39, 0.29) is 12.1 Å². The minimum Gasteiger partial charge on any atom is -0.481 e. The van der Waals surface area contributed by atoms with Crippen molar-refractivity contribution in [3.8, 4) is 0 Å². The van der Waals surface area contributed by atoms with Gasteiger partial charge in [0.25, 0.3) is 0 Å². The monoisotopic (exact) mass is 211 g/mol. The molecule has 0 bridgehead atoms. The molecule has 7 nitrogen and oxygen atoms in total. The lowest BCUT2D eigenvalue weighted by molar-refractivity contribution is -0.135. The van der Waals surface area contributed by atoms with E-state index in [1.165, 1.54) is 18.6 Å². The molecule has 2 amide bonds. The van der Waals surface area contributed by atoms with Crippen molar-refractivity contribution in [1.29, 1.82) is 0 Å². The van der Waals surface area contributed by atoms with Crippen LogP contribution in [0.2, 0.25) is 0 Å². The molecule has 0 saturated heterocycles. The molecule has 0 saturated carbocycles. The average Bonchev–Trinajstić information content (AvgIpc) is 2.63. The molecule has 0 unspecified atom stereocenters. The highest BCUT2D eigenvalue weighted by atomic mass is 16.4. The maximum Gasteiger partial charge on any atom is 0.332 e. The summed E-state index contributed by atoms with van der Waals surface area (Å²) in [6.07, 6.45) is 2.36. The highest BCUT2D eigenvalue weighted by molar-refractivity contribution is 6.08. The van der Waals surface area contributed by atoms with Crippen molar-refractivity contribution >= 4 is 17.7 Å². The Morgan fingerprint density at radius 2 is 2.33 bits per heavy atom. The number of hydrogen-bond acceptors (Lipinski definition) is 4. The number of carboxylic acids is 1. The number of primary amides is 1. The van der Waals surface area contributed by atoms with E-state index in [4.69, 9.17) is 15.3 Å². The Hall–Kier alpha value is -2.31. The molecular weight excluding hydrogens is 202 g/mol. The van der Waals surface area contributed by atoms with Crippen LogP contribution in [0.25, 0.3) is 0 Å². The predicted molar refractivity (Wildman–Crippen MR) is 50.2 cm³/mol. The zero-order valence-corrected chi connectivity index (χ0v) is 7.64. The van der Waals surface area contributed by atoms with E-state index >= 15 is 0 Å². The van der Waals surface area contributed by atoms with Crippen LogP contribution in [-0.4, -0.2) is 22.8 Å². The van der Waals surface area contributed by atoms with E-state index < -0.39 is 12.0 Å². The second-order valence-electron chi connectivity index (χ2n) is 2.62. The number of urea groups is 1. The molecule has 0 aliphatic rings. The Kier molecular flexibility index (Phi) is 3.44. The van der Waals surface area contributed by atoms with Gasteiger partial charge in [-0.05, 0) is 6.07 Å². The molecular formula is C8H9N3O4. The summed E-state index contributed by atoms with van der Waals surface area (Å²) < 4.78 is 4.77. The van der Waals surface area contributed by atoms with Gasteiger partial charge in [-0.2, -0.15) is 5.10 Å². The lowest BCUT2D eigenvalue weighted by atomic mass is 10.1. The number of hydrogen-bond donors (Lipinski definition) is 3. The minimum absolute atomic E-state index is 0.162. The number of nitrogens with one attached hydrogen (secondary N) is 1. The van der Waals surface area contributed by atoms with E-state index in [1.54, 1.807) is 0 Å². The summed E-state index contributed by atoms with van der Waals surface area (Å²) in [5.74, 6) is -1.07. The summed E-state index contributed by atoms with van der Waals surface area (Å²) in [5.41, 5.74) is 7.40. The second kappa shape index (κ2) is 4.80. The number of furan rings is 1. The van der Waals surface area contributed by atoms with Crippen LogP contribution in [0.15, 0.2) is 28.1 Å². The molecule has 0 aliphatic carbocycles. The van der Waals surface area contributed by atoms with Crippen LogP contribution in [0, 0.1) is 0 Å². The molecule has 80 valence electrons. The van der Waals surface area contributed by atoms with Gasteiger partial charge in [-0.1, -0.05) is 0 Å². The lowest BCUT2D eigenvalue weighted by Crippen LogP contribution is -2.26. The summed E-state index contributed by atoms with van der Waals surface area (Å²) in [6.45, 7) is 0. The number of carboxylic acid groups (broad SMARTS) is 1. The van der Waals surface area contributed by atoms with Gasteiger partial charge >= 0.3 is 12.0 Å². The molecule has 0 aromatic carbocycles. The third-order valence-corrected chi connectivity index (χ3v) is 1.47. The molecule has 15 heavy (non-hydrogen) atoms. The topological polar surface area (TPSA) is 118 Å². The first-order valence-electron chi connectivity index (χ1n) is 3.96. The fraction of sp³-hybridized carbons (Fsp3) is 0.125. The van der Waals surface area contributed by atoms with Crippen molar-refractivity contribution in [2.45, 2.75) is 6.42 Å². The van der Waals surface area contributed by atoms with Crippen LogP contribution in [-0.2, 0) is 4.79 Å². The van der Waals surface area contributed by atoms with Crippen LogP contribution >= 0.6 is 0 Å². The molecule has 0 radical (unpaired) electrons. The van der Waals surface area contributed by atoms with Gasteiger partial charge in [-0.25, -0.2) is 10.2 Å². The van der Waals surface area contributed by atoms with E-state index in [0.717, 1.165) is 0 Å². The molecule has 1 rings (SSSR count). The van der Waals surface area contributed by atoms with Crippen LogP contribution in [0.5, 0.6) is 0 Å². The fourth-order valence-electron chi connectivity index (χ4n) is 0.901. The van der Waals surface area contributed by atoms with Crippen molar-refractivity contribution < 1.29 is 19.1 Å². The normalized spacial score (nSPS) is 11.1. The Morgan fingerprint density at radius 1 is 1.60 bits per heavy atom. The highest BCUT2D eigenvalue weighted by Crippen LogP contribution is 2.05. The van der Waals surface area contributed by atoms with Gasteiger partial charge in [0, 0.05) is 5.56 Å². The third-order valence-electron chi connectivity index (χ3n) is 1.47. The summed E-state index contributed by atoms with van der Waals surface area (Å²) in [4.78, 5) is 20.9. The van der Waals surface area contributed by atoms with Crippen molar-refractivity contribution in [1.82, 2.24) is 5.43 Å². The van der Waals surface area contributed by atoms with Crippen LogP contribution in [0.4, 0.5) is 4.79 Å². The Bertz CT molecular complexity index is 383. The van der Waals surface area contributed by atoms with E-state index in [9.17, 15) is 9.59 Å². The van der Waals surface area contributed by atoms with Crippen LogP contribution in [0.3, 0.4) is 0 Å². The first-order valence-corrected chi connectivity index (χ1v) is 3.96. The van der Waals surface area contributed by atoms with Crippen molar-refractivity contribution in [2.24, 2.45) is 10.8 Å². The quantitative estimate of drug-likeness (QED) is 0.484. The molecule has 1 heterocycles. The fourth-order valence-corrected chi connectivity index (χ4v) is 0.901. The summed E-state index contributed by atoms with van der Waals surface area (Å²) in [7, 11) is 0. The zero-order valence-electron chi connectivity index (χ0n) is 7.64. The van der Waals surface area contributed by atoms with E-state index in [0.29, 0.717) is 5.56 Å². The molecule has 0 aliphatic heterocycles.